The SMILES string of the molecule is C.CC1OC(=O)C(C)OC1=O.CC1OC1=O. The van der Waals surface area contributed by atoms with Gasteiger partial charge in [-0.2, -0.15) is 0 Å². The summed E-state index contributed by atoms with van der Waals surface area (Å²) in [7, 11) is 0. The van der Waals surface area contributed by atoms with Crippen molar-refractivity contribution in [2.75, 3.05) is 0 Å². The second-order valence-electron chi connectivity index (χ2n) is 3.24. The van der Waals surface area contributed by atoms with Crippen molar-refractivity contribution in [1.29, 1.82) is 0 Å². The molecule has 3 atom stereocenters. The van der Waals surface area contributed by atoms with Crippen LogP contribution < -0.4 is 0 Å². The first-order valence-corrected chi connectivity index (χ1v) is 4.53. The summed E-state index contributed by atoms with van der Waals surface area (Å²) < 4.78 is 13.5. The Balaban J connectivity index is 0.000000318. The normalized spacial score (nSPS) is 30.9. The fourth-order valence-electron chi connectivity index (χ4n) is 0.777. The van der Waals surface area contributed by atoms with E-state index in [4.69, 9.17) is 0 Å². The van der Waals surface area contributed by atoms with E-state index in [2.05, 4.69) is 14.2 Å². The summed E-state index contributed by atoms with van der Waals surface area (Å²) in [6, 6.07) is 0. The van der Waals surface area contributed by atoms with Gasteiger partial charge in [0.1, 0.15) is 0 Å². The molecule has 0 aliphatic carbocycles. The highest BCUT2D eigenvalue weighted by Crippen LogP contribution is 2.08. The lowest BCUT2D eigenvalue weighted by atomic mass is 10.3. The van der Waals surface area contributed by atoms with Gasteiger partial charge in [-0.25, -0.2) is 14.4 Å². The van der Waals surface area contributed by atoms with Crippen LogP contribution in [-0.2, 0) is 28.6 Å². The molecule has 0 aromatic rings. The molecule has 2 saturated heterocycles. The van der Waals surface area contributed by atoms with Crippen LogP contribution in [0.1, 0.15) is 28.2 Å². The molecule has 0 N–H and O–H groups in total. The number of esters is 2. The van der Waals surface area contributed by atoms with Crippen LogP contribution in [0.5, 0.6) is 0 Å². The Morgan fingerprint density at radius 3 is 1.06 bits per heavy atom. The van der Waals surface area contributed by atoms with Crippen LogP contribution in [-0.4, -0.2) is 36.2 Å². The standard InChI is InChI=1S/C6H8O4.C3H4O2.CH4/c1-3-5(7)10-4(2)6(8)9-3;1-2-3(4)5-2;/h3-4H,1-2H3;2H,1H3;1H4. The summed E-state index contributed by atoms with van der Waals surface area (Å²) in [5.41, 5.74) is 0. The van der Waals surface area contributed by atoms with E-state index in [-0.39, 0.29) is 19.5 Å². The average Bonchev–Trinajstić information content (AvgIpc) is 2.78. The summed E-state index contributed by atoms with van der Waals surface area (Å²) in [6.45, 7) is 4.68. The molecule has 2 rings (SSSR count). The van der Waals surface area contributed by atoms with E-state index in [0.29, 0.717) is 0 Å². The van der Waals surface area contributed by atoms with E-state index in [0.717, 1.165) is 0 Å². The first-order chi connectivity index (χ1) is 6.91. The molecule has 6 heteroatoms. The zero-order chi connectivity index (χ0) is 11.6. The molecule has 2 aliphatic heterocycles. The Hall–Kier alpha value is -1.59. The van der Waals surface area contributed by atoms with E-state index >= 15 is 0 Å². The van der Waals surface area contributed by atoms with Crippen LogP contribution in [0.2, 0.25) is 0 Å². The van der Waals surface area contributed by atoms with E-state index < -0.39 is 24.1 Å². The minimum absolute atomic E-state index is 0. The van der Waals surface area contributed by atoms with E-state index in [1.165, 1.54) is 13.8 Å². The lowest BCUT2D eigenvalue weighted by Crippen LogP contribution is -2.40. The third kappa shape index (κ3) is 3.88. The number of carbonyl (C=O) groups is 3. The van der Waals surface area contributed by atoms with Gasteiger partial charge in [-0.05, 0) is 20.8 Å². The molecule has 0 amide bonds. The predicted molar refractivity (Wildman–Crippen MR) is 53.4 cm³/mol. The zero-order valence-electron chi connectivity index (χ0n) is 8.68. The van der Waals surface area contributed by atoms with Crippen LogP contribution in [0.3, 0.4) is 0 Å². The lowest BCUT2D eigenvalue weighted by molar-refractivity contribution is -0.191. The molecule has 2 fully saturated rings. The van der Waals surface area contributed by atoms with Gasteiger partial charge in [0, 0.05) is 0 Å². The third-order valence-electron chi connectivity index (χ3n) is 1.82. The maximum atomic E-state index is 10.7. The zero-order valence-corrected chi connectivity index (χ0v) is 8.68. The highest BCUT2D eigenvalue weighted by molar-refractivity contribution is 5.87. The van der Waals surface area contributed by atoms with Crippen molar-refractivity contribution in [2.24, 2.45) is 0 Å². The molecule has 0 spiro atoms. The quantitative estimate of drug-likeness (QED) is 0.342. The van der Waals surface area contributed by atoms with Crippen molar-refractivity contribution in [3.05, 3.63) is 0 Å². The van der Waals surface area contributed by atoms with Gasteiger partial charge in [-0.15, -0.1) is 0 Å². The van der Waals surface area contributed by atoms with Gasteiger partial charge in [0.2, 0.25) is 0 Å². The molecule has 92 valence electrons. The van der Waals surface area contributed by atoms with Crippen LogP contribution in [0.15, 0.2) is 0 Å². The molecule has 3 unspecified atom stereocenters. The van der Waals surface area contributed by atoms with Gasteiger partial charge in [-0.3, -0.25) is 0 Å². The summed E-state index contributed by atoms with van der Waals surface area (Å²) in [4.78, 5) is 31.0. The monoisotopic (exact) mass is 232 g/mol. The van der Waals surface area contributed by atoms with Crippen molar-refractivity contribution in [3.8, 4) is 0 Å². The Morgan fingerprint density at radius 2 is 0.875 bits per heavy atom. The van der Waals surface area contributed by atoms with Crippen molar-refractivity contribution in [3.63, 3.8) is 0 Å². The van der Waals surface area contributed by atoms with Crippen LogP contribution in [0.4, 0.5) is 0 Å². The number of ether oxygens (including phenoxy) is 3. The van der Waals surface area contributed by atoms with Gasteiger partial charge in [0.05, 0.1) is 0 Å². The number of rotatable bonds is 0. The largest absolute Gasteiger partial charge is 0.448 e. The second kappa shape index (κ2) is 5.48. The van der Waals surface area contributed by atoms with Crippen molar-refractivity contribution in [1.82, 2.24) is 0 Å². The molecule has 0 aromatic heterocycles. The lowest BCUT2D eigenvalue weighted by Gasteiger charge is -2.22. The van der Waals surface area contributed by atoms with Crippen molar-refractivity contribution < 1.29 is 28.6 Å². The third-order valence-corrected chi connectivity index (χ3v) is 1.82. The summed E-state index contributed by atoms with van der Waals surface area (Å²) in [6.07, 6.45) is -1.58. The molecule has 0 bridgehead atoms. The summed E-state index contributed by atoms with van der Waals surface area (Å²) >= 11 is 0. The van der Waals surface area contributed by atoms with Crippen LogP contribution >= 0.6 is 0 Å². The first-order valence-electron chi connectivity index (χ1n) is 4.53. The molecular weight excluding hydrogens is 216 g/mol. The maximum Gasteiger partial charge on any atom is 0.347 e. The number of hydrogen-bond donors (Lipinski definition) is 0. The fourth-order valence-corrected chi connectivity index (χ4v) is 0.777. The molecule has 0 radical (unpaired) electrons. The average molecular weight is 232 g/mol. The van der Waals surface area contributed by atoms with Gasteiger partial charge in [-0.1, -0.05) is 7.43 Å². The number of epoxide rings is 1. The van der Waals surface area contributed by atoms with Crippen molar-refractivity contribution >= 4 is 17.9 Å². The molecule has 0 aromatic carbocycles. The van der Waals surface area contributed by atoms with Crippen LogP contribution in [0.25, 0.3) is 0 Å². The second-order valence-corrected chi connectivity index (χ2v) is 3.24. The Bertz CT molecular complexity index is 278. The molecule has 2 aliphatic rings. The molecule has 0 saturated carbocycles. The van der Waals surface area contributed by atoms with Crippen LogP contribution in [0, 0.1) is 0 Å². The first kappa shape index (κ1) is 14.4. The minimum atomic E-state index is -0.747. The fraction of sp³-hybridized carbons (Fsp3) is 0.700. The highest BCUT2D eigenvalue weighted by Gasteiger charge is 2.32. The van der Waals surface area contributed by atoms with Gasteiger partial charge in [0.15, 0.2) is 18.3 Å². The highest BCUT2D eigenvalue weighted by atomic mass is 16.6. The number of cyclic esters (lactones) is 3. The minimum Gasteiger partial charge on any atom is -0.448 e. The summed E-state index contributed by atoms with van der Waals surface area (Å²) in [5, 5.41) is 0. The van der Waals surface area contributed by atoms with E-state index in [1.807, 2.05) is 0 Å². The van der Waals surface area contributed by atoms with Gasteiger partial charge in [0.25, 0.3) is 0 Å². The van der Waals surface area contributed by atoms with E-state index in [1.54, 1.807) is 6.92 Å². The Kier molecular flexibility index (Phi) is 4.94. The molecule has 16 heavy (non-hydrogen) atoms. The van der Waals surface area contributed by atoms with Gasteiger partial charge >= 0.3 is 17.9 Å². The van der Waals surface area contributed by atoms with Crippen molar-refractivity contribution in [2.45, 2.75) is 46.5 Å². The molecule has 6 nitrogen and oxygen atoms in total. The topological polar surface area (TPSA) is 82.2 Å². The molecular formula is C10H16O6. The number of carbonyl (C=O) groups excluding carboxylic acids is 3. The Labute approximate surface area is 93.8 Å². The Morgan fingerprint density at radius 1 is 0.688 bits per heavy atom. The summed E-state index contributed by atoms with van der Waals surface area (Å²) in [5.74, 6) is -1.04. The molecule has 2 heterocycles. The maximum absolute atomic E-state index is 10.7. The van der Waals surface area contributed by atoms with Gasteiger partial charge < -0.3 is 14.2 Å². The van der Waals surface area contributed by atoms with E-state index in [9.17, 15) is 14.4 Å². The smallest absolute Gasteiger partial charge is 0.347 e. The number of hydrogen-bond acceptors (Lipinski definition) is 6. The predicted octanol–water partition coefficient (Wildman–Crippen LogP) is 0.431.